The van der Waals surface area contributed by atoms with E-state index >= 15 is 0 Å². The summed E-state index contributed by atoms with van der Waals surface area (Å²) in [5, 5.41) is 2.09. The first-order chi connectivity index (χ1) is 22.8. The van der Waals surface area contributed by atoms with E-state index in [2.05, 4.69) is 54.6 Å². The zero-order valence-electron chi connectivity index (χ0n) is 24.8. The number of aromatic nitrogens is 5. The third-order valence-corrected chi connectivity index (χ3v) is 7.95. The summed E-state index contributed by atoms with van der Waals surface area (Å²) < 4.78 is 0. The van der Waals surface area contributed by atoms with E-state index < -0.39 is 0 Å². The Balaban J connectivity index is 1.38. The van der Waals surface area contributed by atoms with Crippen LogP contribution >= 0.6 is 0 Å². The van der Waals surface area contributed by atoms with Crippen LogP contribution in [-0.2, 0) is 0 Å². The van der Waals surface area contributed by atoms with Crippen LogP contribution < -0.4 is 0 Å². The average molecular weight is 590 g/mol. The van der Waals surface area contributed by atoms with Gasteiger partial charge in [-0.3, -0.25) is 0 Å². The molecule has 2 aromatic heterocycles. The normalized spacial score (nSPS) is 11.0. The molecule has 0 aliphatic heterocycles. The average Bonchev–Trinajstić information content (AvgIpc) is 3.15. The van der Waals surface area contributed by atoms with Crippen molar-refractivity contribution in [1.82, 2.24) is 24.9 Å². The van der Waals surface area contributed by atoms with Gasteiger partial charge in [-0.05, 0) is 11.5 Å². The molecule has 0 N–H and O–H groups in total. The van der Waals surface area contributed by atoms with Gasteiger partial charge in [0.25, 0.3) is 0 Å². The summed E-state index contributed by atoms with van der Waals surface area (Å²) in [6, 6.07) is 55.1. The van der Waals surface area contributed by atoms with E-state index in [4.69, 9.17) is 24.9 Å². The molecule has 0 aliphatic carbocycles. The van der Waals surface area contributed by atoms with Crippen LogP contribution in [0.2, 0.25) is 0 Å². The molecule has 0 spiro atoms. The third-order valence-electron chi connectivity index (χ3n) is 7.95. The second-order valence-corrected chi connectivity index (χ2v) is 10.9. The van der Waals surface area contributed by atoms with Crippen molar-refractivity contribution in [3.05, 3.63) is 164 Å². The SMILES string of the molecule is c1ccc(-c2cc(-c3cccc4cccc(-c5nc(-c6ccccc6)nc(-c6ccccc6)n5)c34)nc(-c3ccccc3)n2)cc1. The second-order valence-electron chi connectivity index (χ2n) is 10.9. The molecular weight excluding hydrogens is 562 g/mol. The minimum Gasteiger partial charge on any atom is -0.228 e. The second kappa shape index (κ2) is 12.0. The molecule has 5 nitrogen and oxygen atoms in total. The van der Waals surface area contributed by atoms with Crippen molar-refractivity contribution < 1.29 is 0 Å². The molecule has 46 heavy (non-hydrogen) atoms. The standard InChI is InChI=1S/C41H27N5/c1-5-15-28(16-6-1)35-27-36(43-38(42-35)30-17-7-2-8-18-30)33-25-13-23-29-24-14-26-34(37(29)33)41-45-39(31-19-9-3-10-20-31)44-40(46-41)32-21-11-4-12-22-32/h1-27H. The quantitative estimate of drug-likeness (QED) is 0.193. The summed E-state index contributed by atoms with van der Waals surface area (Å²) >= 11 is 0. The number of benzene rings is 6. The lowest BCUT2D eigenvalue weighted by Gasteiger charge is -2.14. The number of nitrogens with zero attached hydrogens (tertiary/aromatic N) is 5. The maximum absolute atomic E-state index is 5.15. The number of fused-ring (bicyclic) bond motifs is 1. The Morgan fingerprint density at radius 3 is 1.22 bits per heavy atom. The van der Waals surface area contributed by atoms with Gasteiger partial charge in [0.1, 0.15) is 0 Å². The summed E-state index contributed by atoms with van der Waals surface area (Å²) in [6.07, 6.45) is 0. The van der Waals surface area contributed by atoms with Gasteiger partial charge in [0.2, 0.25) is 0 Å². The summed E-state index contributed by atoms with van der Waals surface area (Å²) in [4.78, 5) is 25.2. The van der Waals surface area contributed by atoms with Crippen molar-refractivity contribution in [2.24, 2.45) is 0 Å². The van der Waals surface area contributed by atoms with E-state index in [1.165, 1.54) is 0 Å². The fraction of sp³-hybridized carbons (Fsp3) is 0. The molecule has 8 rings (SSSR count). The summed E-state index contributed by atoms with van der Waals surface area (Å²) in [5.41, 5.74) is 7.42. The van der Waals surface area contributed by atoms with Crippen molar-refractivity contribution >= 4 is 10.8 Å². The van der Waals surface area contributed by atoms with E-state index in [1.807, 2.05) is 109 Å². The maximum atomic E-state index is 5.15. The molecule has 8 aromatic rings. The van der Waals surface area contributed by atoms with E-state index in [0.717, 1.165) is 55.5 Å². The van der Waals surface area contributed by atoms with Crippen LogP contribution in [0.5, 0.6) is 0 Å². The molecule has 2 heterocycles. The van der Waals surface area contributed by atoms with Gasteiger partial charge in [-0.15, -0.1) is 0 Å². The first-order valence-corrected chi connectivity index (χ1v) is 15.2. The van der Waals surface area contributed by atoms with Gasteiger partial charge < -0.3 is 0 Å². The zero-order chi connectivity index (χ0) is 30.7. The van der Waals surface area contributed by atoms with Gasteiger partial charge in [0.05, 0.1) is 11.4 Å². The molecule has 0 saturated heterocycles. The molecule has 0 fully saturated rings. The zero-order valence-corrected chi connectivity index (χ0v) is 24.8. The Morgan fingerprint density at radius 1 is 0.283 bits per heavy atom. The molecule has 0 bridgehead atoms. The molecule has 0 unspecified atom stereocenters. The van der Waals surface area contributed by atoms with Crippen LogP contribution in [0, 0.1) is 0 Å². The molecular formula is C41H27N5. The summed E-state index contributed by atoms with van der Waals surface area (Å²) in [7, 11) is 0. The summed E-state index contributed by atoms with van der Waals surface area (Å²) in [6.45, 7) is 0. The Morgan fingerprint density at radius 2 is 0.696 bits per heavy atom. The van der Waals surface area contributed by atoms with Gasteiger partial charge in [-0.1, -0.05) is 158 Å². The largest absolute Gasteiger partial charge is 0.228 e. The molecule has 0 amide bonds. The van der Waals surface area contributed by atoms with E-state index in [-0.39, 0.29) is 0 Å². The van der Waals surface area contributed by atoms with Gasteiger partial charge in [-0.2, -0.15) is 0 Å². The number of hydrogen-bond donors (Lipinski definition) is 0. The van der Waals surface area contributed by atoms with Crippen LogP contribution in [0.4, 0.5) is 0 Å². The van der Waals surface area contributed by atoms with Gasteiger partial charge >= 0.3 is 0 Å². The number of rotatable bonds is 6. The molecule has 6 aromatic carbocycles. The van der Waals surface area contributed by atoms with Gasteiger partial charge in [0.15, 0.2) is 23.3 Å². The smallest absolute Gasteiger partial charge is 0.164 e. The Bertz CT molecular complexity index is 2010. The highest BCUT2D eigenvalue weighted by Crippen LogP contribution is 2.37. The lowest BCUT2D eigenvalue weighted by atomic mass is 9.95. The van der Waals surface area contributed by atoms with E-state index in [1.54, 1.807) is 0 Å². The van der Waals surface area contributed by atoms with Crippen molar-refractivity contribution in [2.45, 2.75) is 0 Å². The predicted octanol–water partition coefficient (Wildman–Crippen LogP) is 9.82. The lowest BCUT2D eigenvalue weighted by molar-refractivity contribution is 1.08. The van der Waals surface area contributed by atoms with Crippen LogP contribution in [-0.4, -0.2) is 24.9 Å². The first kappa shape index (κ1) is 27.2. The first-order valence-electron chi connectivity index (χ1n) is 15.2. The molecule has 0 radical (unpaired) electrons. The van der Waals surface area contributed by atoms with Crippen molar-refractivity contribution in [1.29, 1.82) is 0 Å². The predicted molar refractivity (Wildman–Crippen MR) is 186 cm³/mol. The van der Waals surface area contributed by atoms with Crippen molar-refractivity contribution in [3.8, 4) is 68.1 Å². The van der Waals surface area contributed by atoms with Crippen LogP contribution in [0.25, 0.3) is 78.8 Å². The fourth-order valence-electron chi connectivity index (χ4n) is 5.73. The maximum Gasteiger partial charge on any atom is 0.164 e. The molecule has 0 saturated carbocycles. The van der Waals surface area contributed by atoms with Crippen LogP contribution in [0.15, 0.2) is 164 Å². The Kier molecular flexibility index (Phi) is 7.09. The van der Waals surface area contributed by atoms with Gasteiger partial charge in [-0.25, -0.2) is 24.9 Å². The monoisotopic (exact) mass is 589 g/mol. The molecule has 0 aliphatic rings. The summed E-state index contributed by atoms with van der Waals surface area (Å²) in [5.74, 6) is 2.52. The third kappa shape index (κ3) is 5.31. The van der Waals surface area contributed by atoms with Crippen molar-refractivity contribution in [3.63, 3.8) is 0 Å². The van der Waals surface area contributed by atoms with Crippen molar-refractivity contribution in [2.75, 3.05) is 0 Å². The Labute approximate surface area is 267 Å². The minimum atomic E-state index is 0.603. The van der Waals surface area contributed by atoms with E-state index in [9.17, 15) is 0 Å². The van der Waals surface area contributed by atoms with E-state index in [0.29, 0.717) is 23.3 Å². The molecule has 216 valence electrons. The number of hydrogen-bond acceptors (Lipinski definition) is 5. The Hall–Kier alpha value is -6.33. The van der Waals surface area contributed by atoms with Crippen LogP contribution in [0.1, 0.15) is 0 Å². The van der Waals surface area contributed by atoms with Gasteiger partial charge in [0, 0.05) is 38.8 Å². The molecule has 5 heteroatoms. The molecule has 0 atom stereocenters. The topological polar surface area (TPSA) is 64.5 Å². The fourth-order valence-corrected chi connectivity index (χ4v) is 5.73. The highest BCUT2D eigenvalue weighted by molar-refractivity contribution is 6.05. The van der Waals surface area contributed by atoms with Crippen LogP contribution in [0.3, 0.4) is 0 Å². The minimum absolute atomic E-state index is 0.603. The highest BCUT2D eigenvalue weighted by Gasteiger charge is 2.18. The lowest BCUT2D eigenvalue weighted by Crippen LogP contribution is -2.01. The highest BCUT2D eigenvalue weighted by atomic mass is 15.0.